The first-order valence-corrected chi connectivity index (χ1v) is 7.72. The van der Waals surface area contributed by atoms with Crippen LogP contribution in [0.5, 0.6) is 5.75 Å². The third-order valence-corrected chi connectivity index (χ3v) is 3.98. The highest BCUT2D eigenvalue weighted by molar-refractivity contribution is 5.99. The van der Waals surface area contributed by atoms with Crippen molar-refractivity contribution in [2.45, 2.75) is 33.8 Å². The van der Waals surface area contributed by atoms with Crippen LogP contribution in [-0.2, 0) is 0 Å². The molecule has 1 N–H and O–H groups in total. The first-order chi connectivity index (χ1) is 9.99. The Morgan fingerprint density at radius 2 is 1.90 bits per heavy atom. The molecule has 0 radical (unpaired) electrons. The Hall–Kier alpha value is -1.39. The molecule has 0 spiro atoms. The van der Waals surface area contributed by atoms with Crippen molar-refractivity contribution in [3.8, 4) is 5.75 Å². The molecule has 116 valence electrons. The minimum Gasteiger partial charge on any atom is -0.491 e. The molecule has 1 heterocycles. The number of piperazine rings is 1. The molecule has 0 amide bonds. The van der Waals surface area contributed by atoms with Crippen molar-refractivity contribution in [1.82, 2.24) is 10.2 Å². The highest BCUT2D eigenvalue weighted by atomic mass is 16.5. The van der Waals surface area contributed by atoms with Crippen LogP contribution in [-0.4, -0.2) is 49.5 Å². The summed E-state index contributed by atoms with van der Waals surface area (Å²) < 4.78 is 5.78. The van der Waals surface area contributed by atoms with Crippen LogP contribution in [0, 0.1) is 13.8 Å². The largest absolute Gasteiger partial charge is 0.491 e. The first-order valence-electron chi connectivity index (χ1n) is 7.72. The standard InChI is InChI=1S/C17H26N2O2/c1-12(2)21-17-6-5-15(13(3)14(17)4)16(20)11-19-9-7-18-8-10-19/h5-6,12,18H,7-11H2,1-4H3. The van der Waals surface area contributed by atoms with Gasteiger partial charge in [0.1, 0.15) is 5.75 Å². The van der Waals surface area contributed by atoms with Gasteiger partial charge in [-0.05, 0) is 51.0 Å². The molecule has 1 aliphatic heterocycles. The van der Waals surface area contributed by atoms with E-state index in [1.54, 1.807) is 0 Å². The maximum absolute atomic E-state index is 12.5. The third kappa shape index (κ3) is 4.05. The normalized spacial score (nSPS) is 16.2. The van der Waals surface area contributed by atoms with Gasteiger partial charge in [0.15, 0.2) is 5.78 Å². The third-order valence-electron chi connectivity index (χ3n) is 3.98. The molecule has 0 bridgehead atoms. The summed E-state index contributed by atoms with van der Waals surface area (Å²) in [4.78, 5) is 14.7. The fourth-order valence-electron chi connectivity index (χ4n) is 2.64. The minimum absolute atomic E-state index is 0.144. The lowest BCUT2D eigenvalue weighted by molar-refractivity contribution is 0.0920. The van der Waals surface area contributed by atoms with Crippen LogP contribution in [0.15, 0.2) is 12.1 Å². The number of nitrogens with zero attached hydrogens (tertiary/aromatic N) is 1. The van der Waals surface area contributed by atoms with Gasteiger partial charge in [0.05, 0.1) is 12.6 Å². The van der Waals surface area contributed by atoms with Gasteiger partial charge >= 0.3 is 0 Å². The van der Waals surface area contributed by atoms with Crippen LogP contribution in [0.2, 0.25) is 0 Å². The number of nitrogens with one attached hydrogen (secondary N) is 1. The summed E-state index contributed by atoms with van der Waals surface area (Å²) in [5.74, 6) is 1.08. The number of carbonyl (C=O) groups excluding carboxylic acids is 1. The average Bonchev–Trinajstić information content (AvgIpc) is 2.44. The summed E-state index contributed by atoms with van der Waals surface area (Å²) in [7, 11) is 0. The molecule has 0 aliphatic carbocycles. The molecule has 1 saturated heterocycles. The summed E-state index contributed by atoms with van der Waals surface area (Å²) in [6.45, 7) is 12.4. The average molecular weight is 290 g/mol. The van der Waals surface area contributed by atoms with E-state index < -0.39 is 0 Å². The number of hydrogen-bond donors (Lipinski definition) is 1. The number of carbonyl (C=O) groups is 1. The number of ketones is 1. The lowest BCUT2D eigenvalue weighted by Gasteiger charge is -2.26. The monoisotopic (exact) mass is 290 g/mol. The van der Waals surface area contributed by atoms with Crippen LogP contribution in [0.25, 0.3) is 0 Å². The second-order valence-electron chi connectivity index (χ2n) is 5.98. The van der Waals surface area contributed by atoms with Crippen LogP contribution >= 0.6 is 0 Å². The maximum atomic E-state index is 12.5. The number of hydrogen-bond acceptors (Lipinski definition) is 4. The number of rotatable bonds is 5. The summed E-state index contributed by atoms with van der Waals surface area (Å²) in [5.41, 5.74) is 2.92. The maximum Gasteiger partial charge on any atom is 0.177 e. The highest BCUT2D eigenvalue weighted by Crippen LogP contribution is 2.25. The number of ether oxygens (including phenoxy) is 1. The number of Topliss-reactive ketones (excluding diaryl/α,β-unsaturated/α-hetero) is 1. The first kappa shape index (κ1) is 16.0. The van der Waals surface area contributed by atoms with Gasteiger partial charge in [0, 0.05) is 31.7 Å². The van der Waals surface area contributed by atoms with E-state index in [0.717, 1.165) is 48.6 Å². The minimum atomic E-state index is 0.144. The zero-order chi connectivity index (χ0) is 15.4. The lowest BCUT2D eigenvalue weighted by Crippen LogP contribution is -2.45. The van der Waals surface area contributed by atoms with E-state index in [1.807, 2.05) is 39.8 Å². The number of benzene rings is 1. The van der Waals surface area contributed by atoms with Gasteiger partial charge < -0.3 is 10.1 Å². The Bertz CT molecular complexity index is 506. The molecule has 0 saturated carbocycles. The lowest BCUT2D eigenvalue weighted by atomic mass is 9.99. The Morgan fingerprint density at radius 3 is 2.52 bits per heavy atom. The zero-order valence-corrected chi connectivity index (χ0v) is 13.5. The van der Waals surface area contributed by atoms with E-state index in [-0.39, 0.29) is 11.9 Å². The second kappa shape index (κ2) is 7.05. The van der Waals surface area contributed by atoms with E-state index in [4.69, 9.17) is 4.74 Å². The quantitative estimate of drug-likeness (QED) is 0.844. The molecule has 1 fully saturated rings. The van der Waals surface area contributed by atoms with Gasteiger partial charge in [-0.25, -0.2) is 0 Å². The summed E-state index contributed by atoms with van der Waals surface area (Å²) >= 11 is 0. The predicted molar refractivity (Wildman–Crippen MR) is 85.3 cm³/mol. The van der Waals surface area contributed by atoms with Crippen molar-refractivity contribution in [2.24, 2.45) is 0 Å². The Labute approximate surface area is 127 Å². The molecular weight excluding hydrogens is 264 g/mol. The predicted octanol–water partition coefficient (Wildman–Crippen LogP) is 2.18. The van der Waals surface area contributed by atoms with Gasteiger partial charge in [0.2, 0.25) is 0 Å². The zero-order valence-electron chi connectivity index (χ0n) is 13.5. The summed E-state index contributed by atoms with van der Waals surface area (Å²) in [6.07, 6.45) is 0.144. The smallest absolute Gasteiger partial charge is 0.177 e. The Morgan fingerprint density at radius 1 is 1.24 bits per heavy atom. The molecule has 4 heteroatoms. The Kier molecular flexibility index (Phi) is 5.37. The van der Waals surface area contributed by atoms with E-state index >= 15 is 0 Å². The SMILES string of the molecule is Cc1c(OC(C)C)ccc(C(=O)CN2CCNCC2)c1C. The van der Waals surface area contributed by atoms with Gasteiger partial charge in [-0.2, -0.15) is 0 Å². The summed E-state index contributed by atoms with van der Waals surface area (Å²) in [6, 6.07) is 3.83. The van der Waals surface area contributed by atoms with Crippen molar-refractivity contribution >= 4 is 5.78 Å². The molecule has 1 aromatic carbocycles. The summed E-state index contributed by atoms with van der Waals surface area (Å²) in [5, 5.41) is 3.30. The van der Waals surface area contributed by atoms with Crippen molar-refractivity contribution in [3.63, 3.8) is 0 Å². The van der Waals surface area contributed by atoms with Crippen LogP contribution in [0.4, 0.5) is 0 Å². The molecule has 1 aliphatic rings. The topological polar surface area (TPSA) is 41.6 Å². The van der Waals surface area contributed by atoms with Crippen molar-refractivity contribution in [1.29, 1.82) is 0 Å². The fraction of sp³-hybridized carbons (Fsp3) is 0.588. The van der Waals surface area contributed by atoms with Gasteiger partial charge in [-0.1, -0.05) is 0 Å². The van der Waals surface area contributed by atoms with Crippen LogP contribution in [0.3, 0.4) is 0 Å². The molecule has 0 aromatic heterocycles. The molecule has 1 aromatic rings. The molecule has 0 unspecified atom stereocenters. The van der Waals surface area contributed by atoms with Gasteiger partial charge in [0.25, 0.3) is 0 Å². The van der Waals surface area contributed by atoms with E-state index in [0.29, 0.717) is 6.54 Å². The van der Waals surface area contributed by atoms with Crippen molar-refractivity contribution < 1.29 is 9.53 Å². The molecule has 0 atom stereocenters. The Balaban J connectivity index is 2.12. The molecule has 21 heavy (non-hydrogen) atoms. The van der Waals surface area contributed by atoms with E-state index in [2.05, 4.69) is 10.2 Å². The second-order valence-corrected chi connectivity index (χ2v) is 5.98. The fourth-order valence-corrected chi connectivity index (χ4v) is 2.64. The van der Waals surface area contributed by atoms with Crippen molar-refractivity contribution in [3.05, 3.63) is 28.8 Å². The van der Waals surface area contributed by atoms with Crippen LogP contribution < -0.4 is 10.1 Å². The van der Waals surface area contributed by atoms with Gasteiger partial charge in [-0.3, -0.25) is 9.69 Å². The van der Waals surface area contributed by atoms with Crippen LogP contribution in [0.1, 0.15) is 35.3 Å². The van der Waals surface area contributed by atoms with Crippen molar-refractivity contribution in [2.75, 3.05) is 32.7 Å². The molecule has 2 rings (SSSR count). The van der Waals surface area contributed by atoms with E-state index in [1.165, 1.54) is 0 Å². The highest BCUT2D eigenvalue weighted by Gasteiger charge is 2.18. The van der Waals surface area contributed by atoms with Gasteiger partial charge in [-0.15, -0.1) is 0 Å². The van der Waals surface area contributed by atoms with E-state index in [9.17, 15) is 4.79 Å². The molecular formula is C17H26N2O2. The molecule has 4 nitrogen and oxygen atoms in total.